The first-order chi connectivity index (χ1) is 18.0. The van der Waals surface area contributed by atoms with Crippen LogP contribution in [0.4, 0.5) is 0 Å². The molecular weight excluding hydrogens is 506 g/mol. The van der Waals surface area contributed by atoms with Crippen LogP contribution in [0.3, 0.4) is 0 Å². The highest BCUT2D eigenvalue weighted by molar-refractivity contribution is 7.17. The van der Waals surface area contributed by atoms with E-state index in [-0.39, 0.29) is 17.7 Å². The number of aromatic nitrogens is 5. The number of rotatable bonds is 5. The summed E-state index contributed by atoms with van der Waals surface area (Å²) < 4.78 is 2.89. The second-order valence-electron chi connectivity index (χ2n) is 9.27. The van der Waals surface area contributed by atoms with Gasteiger partial charge in [-0.25, -0.2) is 9.50 Å². The van der Waals surface area contributed by atoms with E-state index < -0.39 is 0 Å². The fourth-order valence-corrected chi connectivity index (χ4v) is 6.70. The molecule has 1 aliphatic heterocycles. The van der Waals surface area contributed by atoms with Crippen LogP contribution in [0.25, 0.3) is 15.7 Å². The van der Waals surface area contributed by atoms with E-state index in [1.807, 2.05) is 42.3 Å². The molecular formula is C26H25N7O2S2. The van der Waals surface area contributed by atoms with Gasteiger partial charge in [0.05, 0.1) is 16.4 Å². The number of aryl methyl sites for hydroxylation is 2. The molecule has 6 rings (SSSR count). The van der Waals surface area contributed by atoms with Crippen LogP contribution >= 0.6 is 22.7 Å². The van der Waals surface area contributed by atoms with Gasteiger partial charge in [0.15, 0.2) is 11.3 Å². The number of hydrogen-bond acceptors (Lipinski definition) is 8. The first-order valence-corrected chi connectivity index (χ1v) is 13.9. The highest BCUT2D eigenvalue weighted by atomic mass is 32.1. The maximum atomic E-state index is 13.2. The molecule has 0 saturated carbocycles. The molecule has 5 aromatic rings. The Labute approximate surface area is 221 Å². The van der Waals surface area contributed by atoms with Crippen LogP contribution in [0.15, 0.2) is 41.1 Å². The summed E-state index contributed by atoms with van der Waals surface area (Å²) in [5, 5.41) is 21.8. The summed E-state index contributed by atoms with van der Waals surface area (Å²) >= 11 is 3.20. The molecule has 1 aliphatic rings. The van der Waals surface area contributed by atoms with Crippen LogP contribution < -0.4 is 5.32 Å². The Bertz CT molecular complexity index is 1630. The van der Waals surface area contributed by atoms with Crippen molar-refractivity contribution >= 4 is 50.2 Å². The van der Waals surface area contributed by atoms with Crippen LogP contribution in [0.5, 0.6) is 0 Å². The van der Waals surface area contributed by atoms with Gasteiger partial charge in [0.1, 0.15) is 5.69 Å². The number of carbonyl (C=O) groups is 2. The van der Waals surface area contributed by atoms with Crippen LogP contribution in [-0.2, 0) is 6.54 Å². The smallest absolute Gasteiger partial charge is 0.276 e. The Morgan fingerprint density at radius 3 is 2.73 bits per heavy atom. The number of nitrogens with zero attached hydrogens (tertiary/aromatic N) is 6. The minimum absolute atomic E-state index is 0.126. The predicted octanol–water partition coefficient (Wildman–Crippen LogP) is 4.36. The molecule has 4 aromatic heterocycles. The summed E-state index contributed by atoms with van der Waals surface area (Å²) in [6.07, 6.45) is 1.58. The zero-order valence-electron chi connectivity index (χ0n) is 20.5. The fourth-order valence-electron chi connectivity index (χ4n) is 4.77. The zero-order valence-corrected chi connectivity index (χ0v) is 22.1. The predicted molar refractivity (Wildman–Crippen MR) is 143 cm³/mol. The minimum atomic E-state index is -0.163. The minimum Gasteiger partial charge on any atom is -0.347 e. The van der Waals surface area contributed by atoms with E-state index in [0.29, 0.717) is 42.4 Å². The molecule has 1 saturated heterocycles. The van der Waals surface area contributed by atoms with Crippen molar-refractivity contribution in [3.05, 3.63) is 74.4 Å². The van der Waals surface area contributed by atoms with Gasteiger partial charge in [0.25, 0.3) is 11.8 Å². The molecule has 2 amide bonds. The van der Waals surface area contributed by atoms with Crippen LogP contribution in [0, 0.1) is 13.8 Å². The molecule has 0 aliphatic carbocycles. The monoisotopic (exact) mass is 531 g/mol. The lowest BCUT2D eigenvalue weighted by atomic mass is 9.97. The molecule has 5 heterocycles. The Balaban J connectivity index is 1.07. The van der Waals surface area contributed by atoms with Gasteiger partial charge < -0.3 is 10.2 Å². The van der Waals surface area contributed by atoms with Crippen LogP contribution in [-0.4, -0.2) is 54.6 Å². The highest BCUT2D eigenvalue weighted by Gasteiger charge is 2.29. The molecule has 9 nitrogen and oxygen atoms in total. The quantitative estimate of drug-likeness (QED) is 0.361. The van der Waals surface area contributed by atoms with Gasteiger partial charge in [-0.2, -0.15) is 5.10 Å². The highest BCUT2D eigenvalue weighted by Crippen LogP contribution is 2.31. The Kier molecular flexibility index (Phi) is 6.17. The Morgan fingerprint density at radius 2 is 1.89 bits per heavy atom. The molecule has 0 bridgehead atoms. The van der Waals surface area contributed by atoms with E-state index in [9.17, 15) is 9.59 Å². The molecule has 0 atom stereocenters. The number of likely N-dealkylation sites (tertiary alicyclic amines) is 1. The second-order valence-corrected chi connectivity index (χ2v) is 11.1. The maximum Gasteiger partial charge on any atom is 0.276 e. The second kappa shape index (κ2) is 9.64. The molecule has 0 spiro atoms. The van der Waals surface area contributed by atoms with Crippen molar-refractivity contribution < 1.29 is 9.59 Å². The molecule has 37 heavy (non-hydrogen) atoms. The van der Waals surface area contributed by atoms with E-state index in [4.69, 9.17) is 0 Å². The molecule has 1 fully saturated rings. The number of thiazole rings is 1. The average molecular weight is 532 g/mol. The molecule has 11 heteroatoms. The van der Waals surface area contributed by atoms with Crippen LogP contribution in [0.1, 0.15) is 61.7 Å². The number of carbonyl (C=O) groups excluding carboxylic acids is 2. The summed E-state index contributed by atoms with van der Waals surface area (Å²) in [4.78, 5) is 32.4. The van der Waals surface area contributed by atoms with Gasteiger partial charge in [-0.1, -0.05) is 18.2 Å². The molecule has 188 valence electrons. The molecule has 0 radical (unpaired) electrons. The summed E-state index contributed by atoms with van der Waals surface area (Å²) in [6, 6.07) is 10.0. The Hall–Kier alpha value is -3.70. The van der Waals surface area contributed by atoms with Crippen molar-refractivity contribution in [2.75, 3.05) is 13.1 Å². The third kappa shape index (κ3) is 4.49. The lowest BCUT2D eigenvalue weighted by molar-refractivity contribution is 0.0704. The van der Waals surface area contributed by atoms with E-state index >= 15 is 0 Å². The normalized spacial score (nSPS) is 14.5. The van der Waals surface area contributed by atoms with E-state index in [1.165, 1.54) is 21.4 Å². The molecule has 1 N–H and O–H groups in total. The number of nitrogens with one attached hydrogen (secondary N) is 1. The van der Waals surface area contributed by atoms with Gasteiger partial charge in [-0.15, -0.1) is 32.9 Å². The number of hydrogen-bond donors (Lipinski definition) is 1. The lowest BCUT2D eigenvalue weighted by Crippen LogP contribution is -2.39. The number of fused-ring (bicyclic) bond motifs is 2. The van der Waals surface area contributed by atoms with Crippen molar-refractivity contribution in [1.29, 1.82) is 0 Å². The lowest BCUT2D eigenvalue weighted by Gasteiger charge is -2.31. The summed E-state index contributed by atoms with van der Waals surface area (Å²) in [6.45, 7) is 5.42. The third-order valence-corrected chi connectivity index (χ3v) is 8.83. The van der Waals surface area contributed by atoms with Crippen molar-refractivity contribution in [2.24, 2.45) is 0 Å². The zero-order chi connectivity index (χ0) is 25.5. The summed E-state index contributed by atoms with van der Waals surface area (Å²) in [5.74, 6) is -0.0674. The standard InChI is InChI=1S/C26H25N7O2S2/c1-15-11-22-29-30-23(16(2)33(22)31-15)26(35)32-9-7-17(8-10-32)25-28-20(14-37-25)24(34)27-12-18-13-36-21-6-4-3-5-19(18)21/h3-6,11,13-14,17H,7-10,12H2,1-2H3,(H,27,34). The van der Waals surface area contributed by atoms with Gasteiger partial charge in [0, 0.05) is 41.7 Å². The van der Waals surface area contributed by atoms with Crippen molar-refractivity contribution in [3.8, 4) is 0 Å². The number of piperidine rings is 1. The van der Waals surface area contributed by atoms with Gasteiger partial charge >= 0.3 is 0 Å². The largest absolute Gasteiger partial charge is 0.347 e. The molecule has 0 unspecified atom stereocenters. The topological polar surface area (TPSA) is 105 Å². The Morgan fingerprint density at radius 1 is 1.08 bits per heavy atom. The maximum absolute atomic E-state index is 13.2. The third-order valence-electron chi connectivity index (χ3n) is 6.81. The van der Waals surface area contributed by atoms with Gasteiger partial charge in [-0.3, -0.25) is 9.59 Å². The van der Waals surface area contributed by atoms with Gasteiger partial charge in [-0.05, 0) is 49.1 Å². The summed E-state index contributed by atoms with van der Waals surface area (Å²) in [7, 11) is 0. The van der Waals surface area contributed by atoms with E-state index in [2.05, 4.69) is 43.1 Å². The van der Waals surface area contributed by atoms with E-state index in [1.54, 1.807) is 15.9 Å². The first kappa shape index (κ1) is 23.7. The van der Waals surface area contributed by atoms with Crippen molar-refractivity contribution in [2.45, 2.75) is 39.2 Å². The number of benzene rings is 1. The SMILES string of the molecule is Cc1cc2nnc(C(=O)N3CCC(c4nc(C(=O)NCc5csc6ccccc56)cs4)CC3)c(C)n2n1. The average Bonchev–Trinajstić information content (AvgIpc) is 3.66. The van der Waals surface area contributed by atoms with E-state index in [0.717, 1.165) is 29.1 Å². The first-order valence-electron chi connectivity index (χ1n) is 12.2. The van der Waals surface area contributed by atoms with Gasteiger partial charge in [0.2, 0.25) is 0 Å². The number of amides is 2. The number of thiophene rings is 1. The summed E-state index contributed by atoms with van der Waals surface area (Å²) in [5.41, 5.74) is 4.06. The van der Waals surface area contributed by atoms with Crippen molar-refractivity contribution in [3.63, 3.8) is 0 Å². The van der Waals surface area contributed by atoms with Crippen molar-refractivity contribution in [1.82, 2.24) is 35.0 Å². The molecule has 1 aromatic carbocycles. The van der Waals surface area contributed by atoms with Crippen LogP contribution in [0.2, 0.25) is 0 Å². The fraction of sp³-hybridized carbons (Fsp3) is 0.308.